The van der Waals surface area contributed by atoms with Gasteiger partial charge in [0.05, 0.1) is 12.2 Å². The molecule has 1 aliphatic heterocycles. The molecule has 1 fully saturated rings. The second-order valence-corrected chi connectivity index (χ2v) is 7.40. The van der Waals surface area contributed by atoms with Crippen LogP contribution in [0.1, 0.15) is 39.3 Å². The fourth-order valence-corrected chi connectivity index (χ4v) is 2.74. The molecule has 0 radical (unpaired) electrons. The number of likely N-dealkylation sites (tertiary alicyclic amines) is 1. The molecule has 0 unspecified atom stereocenters. The van der Waals surface area contributed by atoms with Crippen molar-refractivity contribution >= 4 is 17.8 Å². The zero-order chi connectivity index (χ0) is 17.9. The van der Waals surface area contributed by atoms with E-state index < -0.39 is 0 Å². The number of anilines is 1. The SMILES string of the molecule is Cn1nc(C(C)(C)C)cc1NC(=O)NC1CCN(CC(N)=O)CC1. The van der Waals surface area contributed by atoms with Crippen molar-refractivity contribution in [2.45, 2.75) is 45.1 Å². The van der Waals surface area contributed by atoms with Crippen LogP contribution in [-0.2, 0) is 17.3 Å². The van der Waals surface area contributed by atoms with Crippen LogP contribution in [0.25, 0.3) is 0 Å². The molecule has 2 rings (SSSR count). The maximum Gasteiger partial charge on any atom is 0.320 e. The quantitative estimate of drug-likeness (QED) is 0.756. The Bertz CT molecular complexity index is 596. The maximum absolute atomic E-state index is 12.2. The van der Waals surface area contributed by atoms with Gasteiger partial charge < -0.3 is 11.1 Å². The number of primary amides is 1. The summed E-state index contributed by atoms with van der Waals surface area (Å²) in [5.74, 6) is 0.355. The highest BCUT2D eigenvalue weighted by molar-refractivity contribution is 5.88. The topological polar surface area (TPSA) is 105 Å². The van der Waals surface area contributed by atoms with E-state index in [-0.39, 0.29) is 29.9 Å². The third kappa shape index (κ3) is 4.95. The number of urea groups is 1. The molecule has 0 atom stereocenters. The van der Waals surface area contributed by atoms with Gasteiger partial charge in [0, 0.05) is 37.7 Å². The Morgan fingerprint density at radius 3 is 2.46 bits per heavy atom. The molecule has 8 heteroatoms. The van der Waals surface area contributed by atoms with Crippen LogP contribution in [0.3, 0.4) is 0 Å². The summed E-state index contributed by atoms with van der Waals surface area (Å²) in [6.45, 7) is 8.04. The number of hydrogen-bond donors (Lipinski definition) is 3. The summed E-state index contributed by atoms with van der Waals surface area (Å²) in [6.07, 6.45) is 1.61. The Kier molecular flexibility index (Phi) is 5.48. The number of nitrogens with one attached hydrogen (secondary N) is 2. The van der Waals surface area contributed by atoms with Gasteiger partial charge in [-0.2, -0.15) is 5.10 Å². The van der Waals surface area contributed by atoms with Crippen molar-refractivity contribution < 1.29 is 9.59 Å². The summed E-state index contributed by atoms with van der Waals surface area (Å²) in [5.41, 5.74) is 6.07. The van der Waals surface area contributed by atoms with E-state index in [1.54, 1.807) is 4.68 Å². The van der Waals surface area contributed by atoms with E-state index in [1.165, 1.54) is 0 Å². The van der Waals surface area contributed by atoms with Crippen molar-refractivity contribution in [3.05, 3.63) is 11.8 Å². The number of amides is 3. The van der Waals surface area contributed by atoms with Gasteiger partial charge in [-0.05, 0) is 12.8 Å². The Hall–Kier alpha value is -2.09. The van der Waals surface area contributed by atoms with E-state index in [1.807, 2.05) is 18.0 Å². The number of aromatic nitrogens is 2. The van der Waals surface area contributed by atoms with Gasteiger partial charge in [-0.25, -0.2) is 4.79 Å². The Morgan fingerprint density at radius 1 is 1.33 bits per heavy atom. The molecule has 134 valence electrons. The Balaban J connectivity index is 1.84. The Morgan fingerprint density at radius 2 is 1.96 bits per heavy atom. The molecular formula is C16H28N6O2. The minimum Gasteiger partial charge on any atom is -0.369 e. The van der Waals surface area contributed by atoms with E-state index in [0.29, 0.717) is 5.82 Å². The number of hydrogen-bond acceptors (Lipinski definition) is 4. The highest BCUT2D eigenvalue weighted by Crippen LogP contribution is 2.23. The van der Waals surface area contributed by atoms with Gasteiger partial charge in [-0.1, -0.05) is 20.8 Å². The molecule has 0 bridgehead atoms. The van der Waals surface area contributed by atoms with Crippen LogP contribution in [0.4, 0.5) is 10.6 Å². The summed E-state index contributed by atoms with van der Waals surface area (Å²) < 4.78 is 1.68. The first-order valence-corrected chi connectivity index (χ1v) is 8.28. The van der Waals surface area contributed by atoms with Crippen LogP contribution >= 0.6 is 0 Å². The lowest BCUT2D eigenvalue weighted by Gasteiger charge is -2.31. The molecule has 1 aliphatic rings. The molecule has 2 heterocycles. The number of carbonyl (C=O) groups excluding carboxylic acids is 2. The van der Waals surface area contributed by atoms with E-state index in [9.17, 15) is 9.59 Å². The van der Waals surface area contributed by atoms with Crippen molar-refractivity contribution in [2.75, 3.05) is 25.0 Å². The summed E-state index contributed by atoms with van der Waals surface area (Å²) in [7, 11) is 1.81. The van der Waals surface area contributed by atoms with Crippen molar-refractivity contribution in [3.63, 3.8) is 0 Å². The number of carbonyl (C=O) groups is 2. The smallest absolute Gasteiger partial charge is 0.320 e. The summed E-state index contributed by atoms with van der Waals surface area (Å²) in [5, 5.41) is 10.3. The summed E-state index contributed by atoms with van der Waals surface area (Å²) in [4.78, 5) is 25.1. The normalized spacial score (nSPS) is 16.8. The minimum absolute atomic E-state index is 0.0680. The Labute approximate surface area is 142 Å². The molecule has 1 aromatic rings. The van der Waals surface area contributed by atoms with Crippen LogP contribution in [0.15, 0.2) is 6.07 Å². The molecule has 4 N–H and O–H groups in total. The third-order valence-electron chi connectivity index (χ3n) is 4.19. The lowest BCUT2D eigenvalue weighted by Crippen LogP contribution is -2.47. The average Bonchev–Trinajstić information content (AvgIpc) is 2.82. The van der Waals surface area contributed by atoms with Crippen molar-refractivity contribution in [3.8, 4) is 0 Å². The first-order chi connectivity index (χ1) is 11.1. The van der Waals surface area contributed by atoms with Crippen molar-refractivity contribution in [1.29, 1.82) is 0 Å². The van der Waals surface area contributed by atoms with E-state index >= 15 is 0 Å². The second kappa shape index (κ2) is 7.21. The van der Waals surface area contributed by atoms with E-state index in [4.69, 9.17) is 5.73 Å². The highest BCUT2D eigenvalue weighted by Gasteiger charge is 2.23. The lowest BCUT2D eigenvalue weighted by molar-refractivity contribution is -0.119. The van der Waals surface area contributed by atoms with Gasteiger partial charge in [-0.3, -0.25) is 19.7 Å². The number of nitrogens with two attached hydrogens (primary N) is 1. The molecule has 3 amide bonds. The third-order valence-corrected chi connectivity index (χ3v) is 4.19. The van der Waals surface area contributed by atoms with Crippen LogP contribution in [-0.4, -0.2) is 52.3 Å². The number of piperidine rings is 1. The molecule has 1 aromatic heterocycles. The molecule has 0 spiro atoms. The van der Waals surface area contributed by atoms with Crippen LogP contribution in [0.5, 0.6) is 0 Å². The van der Waals surface area contributed by atoms with E-state index in [0.717, 1.165) is 31.6 Å². The number of aryl methyl sites for hydroxylation is 1. The first-order valence-electron chi connectivity index (χ1n) is 8.28. The van der Waals surface area contributed by atoms with Gasteiger partial charge in [0.25, 0.3) is 0 Å². The standard InChI is InChI=1S/C16H28N6O2/c1-16(2,3)12-9-14(21(4)20-12)19-15(24)18-11-5-7-22(8-6-11)10-13(17)23/h9,11H,5-8,10H2,1-4H3,(H2,17,23)(H2,18,19,24). The molecule has 1 saturated heterocycles. The molecule has 0 aliphatic carbocycles. The predicted octanol–water partition coefficient (Wildman–Crippen LogP) is 0.789. The largest absolute Gasteiger partial charge is 0.369 e. The van der Waals surface area contributed by atoms with Gasteiger partial charge in [0.15, 0.2) is 0 Å². The molecule has 0 saturated carbocycles. The minimum atomic E-state index is -0.315. The summed E-state index contributed by atoms with van der Waals surface area (Å²) in [6, 6.07) is 1.77. The van der Waals surface area contributed by atoms with Crippen LogP contribution in [0, 0.1) is 0 Å². The van der Waals surface area contributed by atoms with E-state index in [2.05, 4.69) is 36.5 Å². The van der Waals surface area contributed by atoms with Crippen molar-refractivity contribution in [2.24, 2.45) is 12.8 Å². The van der Waals surface area contributed by atoms with Gasteiger partial charge in [-0.15, -0.1) is 0 Å². The van der Waals surface area contributed by atoms with Crippen LogP contribution in [0.2, 0.25) is 0 Å². The fourth-order valence-electron chi connectivity index (χ4n) is 2.74. The molecular weight excluding hydrogens is 308 g/mol. The highest BCUT2D eigenvalue weighted by atomic mass is 16.2. The molecule has 24 heavy (non-hydrogen) atoms. The zero-order valence-electron chi connectivity index (χ0n) is 14.9. The average molecular weight is 336 g/mol. The summed E-state index contributed by atoms with van der Waals surface area (Å²) >= 11 is 0. The van der Waals surface area contributed by atoms with Gasteiger partial charge >= 0.3 is 6.03 Å². The number of nitrogens with zero attached hydrogens (tertiary/aromatic N) is 3. The monoisotopic (exact) mass is 336 g/mol. The number of rotatable bonds is 4. The molecule has 0 aromatic carbocycles. The van der Waals surface area contributed by atoms with Gasteiger partial charge in [0.2, 0.25) is 5.91 Å². The van der Waals surface area contributed by atoms with Gasteiger partial charge in [0.1, 0.15) is 5.82 Å². The first kappa shape index (κ1) is 18.3. The maximum atomic E-state index is 12.2. The zero-order valence-corrected chi connectivity index (χ0v) is 14.9. The second-order valence-electron chi connectivity index (χ2n) is 7.40. The van der Waals surface area contributed by atoms with Crippen molar-refractivity contribution in [1.82, 2.24) is 20.0 Å². The lowest BCUT2D eigenvalue weighted by atomic mass is 9.92. The predicted molar refractivity (Wildman–Crippen MR) is 92.7 cm³/mol. The van der Waals surface area contributed by atoms with Crippen LogP contribution < -0.4 is 16.4 Å². The molecule has 8 nitrogen and oxygen atoms in total. The fraction of sp³-hybridized carbons (Fsp3) is 0.688.